The molecule has 0 aliphatic carbocycles. The van der Waals surface area contributed by atoms with Crippen LogP contribution in [0, 0.1) is 0 Å². The fraction of sp³-hybridized carbons (Fsp3) is 0. The van der Waals surface area contributed by atoms with E-state index in [4.69, 9.17) is 28.7 Å². The van der Waals surface area contributed by atoms with Crippen LogP contribution in [0.5, 0.6) is 0 Å². The fourth-order valence-electron chi connectivity index (χ4n) is 0.385. The summed E-state index contributed by atoms with van der Waals surface area (Å²) in [4.78, 5) is 34.1. The van der Waals surface area contributed by atoms with E-state index in [0.717, 1.165) is 0 Å². The van der Waals surface area contributed by atoms with Gasteiger partial charge in [0, 0.05) is 0 Å². The summed E-state index contributed by atoms with van der Waals surface area (Å²) in [6.07, 6.45) is 0. The van der Waals surface area contributed by atoms with Crippen molar-refractivity contribution in [2.24, 2.45) is 0 Å². The van der Waals surface area contributed by atoms with E-state index in [9.17, 15) is 0 Å². The molecule has 0 heterocycles. The number of benzene rings is 1. The van der Waals surface area contributed by atoms with Crippen molar-refractivity contribution in [3.63, 3.8) is 0 Å². The van der Waals surface area contributed by atoms with Gasteiger partial charge in [0.25, 0.3) is 0 Å². The van der Waals surface area contributed by atoms with Crippen LogP contribution in [0.4, 0.5) is 0 Å². The van der Waals surface area contributed by atoms with Crippen molar-refractivity contribution in [2.45, 2.75) is 0 Å². The average Bonchev–Trinajstić information content (AvgIpc) is 2.05. The standard InChI is InChI=1S/C6H6.2H3O3P.Zr/c1-2-4-6-5-3-1;2*1-4(2)3;/h1-6H;2*4H,(H2,1,2,3);/q;;;+4/p-4. The second-order valence-corrected chi connectivity index (χ2v) is 2.65. The number of hydrogen-bond acceptors (Lipinski definition) is 6. The molecule has 0 atom stereocenters. The van der Waals surface area contributed by atoms with Crippen LogP contribution in [-0.2, 0) is 35.3 Å². The molecule has 0 amide bonds. The predicted octanol–water partition coefficient (Wildman–Crippen LogP) is -2.12. The summed E-state index contributed by atoms with van der Waals surface area (Å²) < 4.78 is 17.0. The van der Waals surface area contributed by atoms with Crippen LogP contribution in [0.15, 0.2) is 36.4 Å². The summed E-state index contributed by atoms with van der Waals surface area (Å²) in [5, 5.41) is 0. The summed E-state index contributed by atoms with van der Waals surface area (Å²) in [6.45, 7) is 0. The van der Waals surface area contributed by atoms with E-state index in [0.29, 0.717) is 0 Å². The minimum atomic E-state index is -3.63. The quantitative estimate of drug-likeness (QED) is 0.501. The Balaban J connectivity index is -0.000000145. The Hall–Kier alpha value is 0.403. The Morgan fingerprint density at radius 2 is 0.667 bits per heavy atom. The van der Waals surface area contributed by atoms with Crippen LogP contribution in [0.25, 0.3) is 0 Å². The summed E-state index contributed by atoms with van der Waals surface area (Å²) in [7, 11) is -7.26. The molecule has 82 valence electrons. The van der Waals surface area contributed by atoms with Crippen LogP contribution in [0.2, 0.25) is 0 Å². The minimum absolute atomic E-state index is 0. The smallest absolute Gasteiger partial charge is 0.813 e. The van der Waals surface area contributed by atoms with E-state index in [1.807, 2.05) is 36.4 Å². The first-order valence-corrected chi connectivity index (χ1v) is 5.67. The molecule has 1 aromatic rings. The van der Waals surface area contributed by atoms with Gasteiger partial charge in [-0.1, -0.05) is 52.9 Å². The van der Waals surface area contributed by atoms with Crippen LogP contribution in [0.3, 0.4) is 0 Å². The summed E-state index contributed by atoms with van der Waals surface area (Å²) >= 11 is 0. The van der Waals surface area contributed by atoms with Crippen LogP contribution in [-0.4, -0.2) is 0 Å². The van der Waals surface area contributed by atoms with Gasteiger partial charge in [-0.05, 0) is 0 Å². The van der Waals surface area contributed by atoms with Gasteiger partial charge in [-0.25, -0.2) is 0 Å². The summed E-state index contributed by atoms with van der Waals surface area (Å²) in [6, 6.07) is 12.0. The first kappa shape index (κ1) is 20.8. The Labute approximate surface area is 108 Å². The van der Waals surface area contributed by atoms with Gasteiger partial charge in [0.2, 0.25) is 0 Å². The third kappa shape index (κ3) is 54.0. The maximum absolute atomic E-state index is 8.52. The van der Waals surface area contributed by atoms with Gasteiger partial charge in [-0.2, -0.15) is 0 Å². The van der Waals surface area contributed by atoms with Crippen molar-refractivity contribution >= 4 is 16.5 Å². The van der Waals surface area contributed by atoms with Crippen molar-refractivity contribution in [1.29, 1.82) is 0 Å². The third-order valence-corrected chi connectivity index (χ3v) is 0.667. The van der Waals surface area contributed by atoms with Crippen LogP contribution in [0.1, 0.15) is 0 Å². The van der Waals surface area contributed by atoms with Crippen molar-refractivity contribution < 1.29 is 54.9 Å². The Morgan fingerprint density at radius 3 is 0.733 bits per heavy atom. The van der Waals surface area contributed by atoms with Gasteiger partial charge in [0.1, 0.15) is 0 Å². The molecule has 0 radical (unpaired) electrons. The Bertz CT molecular complexity index is 210. The van der Waals surface area contributed by atoms with Crippen molar-refractivity contribution in [1.82, 2.24) is 0 Å². The molecule has 0 aromatic heterocycles. The molecular weight excluding hydrogens is 321 g/mol. The number of rotatable bonds is 0. The average molecular weight is 329 g/mol. The third-order valence-electron chi connectivity index (χ3n) is 0.667. The zero-order chi connectivity index (χ0) is 11.4. The van der Waals surface area contributed by atoms with E-state index in [2.05, 4.69) is 0 Å². The topological polar surface area (TPSA) is 126 Å². The van der Waals surface area contributed by atoms with E-state index in [-0.39, 0.29) is 26.2 Å². The van der Waals surface area contributed by atoms with Gasteiger partial charge in [-0.3, -0.25) is 0 Å². The van der Waals surface area contributed by atoms with Gasteiger partial charge in [-0.15, -0.1) is 0 Å². The normalized spacial score (nSPS) is 7.87. The van der Waals surface area contributed by atoms with Crippen molar-refractivity contribution in [3.8, 4) is 0 Å². The Kier molecular flexibility index (Phi) is 23.3. The summed E-state index contributed by atoms with van der Waals surface area (Å²) in [5.74, 6) is 0. The van der Waals surface area contributed by atoms with Crippen molar-refractivity contribution in [3.05, 3.63) is 36.4 Å². The van der Waals surface area contributed by atoms with E-state index in [1.165, 1.54) is 0 Å². The van der Waals surface area contributed by atoms with Crippen LogP contribution >= 0.6 is 16.5 Å². The molecule has 6 nitrogen and oxygen atoms in total. The minimum Gasteiger partial charge on any atom is -0.813 e. The molecule has 0 aliphatic rings. The second-order valence-electron chi connectivity index (χ2n) is 1.65. The SMILES string of the molecule is O=[PH]([O-])[O-].O=[PH]([O-])[O-].[Zr+4].c1ccccc1. The molecule has 0 saturated carbocycles. The molecule has 0 bridgehead atoms. The van der Waals surface area contributed by atoms with Crippen LogP contribution < -0.4 is 19.6 Å². The first-order chi connectivity index (χ1) is 6.46. The molecule has 0 saturated heterocycles. The zero-order valence-corrected chi connectivity index (χ0v) is 11.9. The monoisotopic (exact) mass is 328 g/mol. The number of hydrogen-bond donors (Lipinski definition) is 0. The molecule has 9 heteroatoms. The molecule has 0 aliphatic heterocycles. The van der Waals surface area contributed by atoms with E-state index in [1.54, 1.807) is 0 Å². The second kappa shape index (κ2) is 16.8. The first-order valence-electron chi connectivity index (χ1n) is 3.22. The molecule has 1 aromatic carbocycles. The van der Waals surface area contributed by atoms with Gasteiger partial charge in [0.15, 0.2) is 0 Å². The molecule has 15 heavy (non-hydrogen) atoms. The molecule has 0 N–H and O–H groups in total. The van der Waals surface area contributed by atoms with Crippen molar-refractivity contribution in [2.75, 3.05) is 0 Å². The predicted molar refractivity (Wildman–Crippen MR) is 44.4 cm³/mol. The molecule has 0 spiro atoms. The van der Waals surface area contributed by atoms with E-state index < -0.39 is 16.5 Å². The summed E-state index contributed by atoms with van der Waals surface area (Å²) in [5.41, 5.74) is 0. The van der Waals surface area contributed by atoms with Gasteiger partial charge >= 0.3 is 26.2 Å². The van der Waals surface area contributed by atoms with E-state index >= 15 is 0 Å². The van der Waals surface area contributed by atoms with Gasteiger partial charge < -0.3 is 28.7 Å². The Morgan fingerprint density at radius 1 is 0.600 bits per heavy atom. The largest absolute Gasteiger partial charge is 4.00 e. The molecular formula is C6H8O6P2Zr. The van der Waals surface area contributed by atoms with Gasteiger partial charge in [0.05, 0.1) is 0 Å². The zero-order valence-electron chi connectivity index (χ0n) is 7.41. The fourth-order valence-corrected chi connectivity index (χ4v) is 0.385. The maximum Gasteiger partial charge on any atom is 4.00 e. The maximum atomic E-state index is 8.52. The molecule has 1 rings (SSSR count). The molecule has 0 unspecified atom stereocenters. The molecule has 0 fully saturated rings.